The minimum atomic E-state index is -0.960. The zero-order valence-electron chi connectivity index (χ0n) is 19.8. The summed E-state index contributed by atoms with van der Waals surface area (Å²) in [4.78, 5) is 54.2. The maximum Gasteiger partial charge on any atom is 0.308 e. The Hall–Kier alpha value is -4.26. The summed E-state index contributed by atoms with van der Waals surface area (Å²) in [5, 5.41) is 0. The van der Waals surface area contributed by atoms with E-state index in [1.54, 1.807) is 24.3 Å². The highest BCUT2D eigenvalue weighted by atomic mass is 16.5. The van der Waals surface area contributed by atoms with E-state index in [4.69, 9.17) is 4.74 Å². The second kappa shape index (κ2) is 9.93. The molecule has 3 aromatic carbocycles. The fourth-order valence-electron chi connectivity index (χ4n) is 4.37. The van der Waals surface area contributed by atoms with E-state index in [0.29, 0.717) is 17.0 Å². The topological polar surface area (TPSA) is 84.0 Å². The molecule has 0 saturated carbocycles. The van der Waals surface area contributed by atoms with Crippen LogP contribution in [0.1, 0.15) is 47.8 Å². The first-order valence-electron chi connectivity index (χ1n) is 11.4. The van der Waals surface area contributed by atoms with Gasteiger partial charge < -0.3 is 9.64 Å². The van der Waals surface area contributed by atoms with Crippen LogP contribution in [-0.4, -0.2) is 34.6 Å². The third-order valence-electron chi connectivity index (χ3n) is 6.12. The zero-order chi connectivity index (χ0) is 25.1. The molecule has 4 rings (SSSR count). The summed E-state index contributed by atoms with van der Waals surface area (Å²) in [5.41, 5.74) is 2.49. The molecule has 0 bridgehead atoms. The fraction of sp³-hybridized carbons (Fsp3) is 0.214. The van der Waals surface area contributed by atoms with Crippen LogP contribution < -0.4 is 9.64 Å². The van der Waals surface area contributed by atoms with E-state index in [1.165, 1.54) is 24.0 Å². The number of benzene rings is 3. The number of carbonyl (C=O) groups is 4. The Kier molecular flexibility index (Phi) is 6.78. The summed E-state index contributed by atoms with van der Waals surface area (Å²) in [6.07, 6.45) is -0.126. The molecule has 35 heavy (non-hydrogen) atoms. The summed E-state index contributed by atoms with van der Waals surface area (Å²) < 4.78 is 5.04. The van der Waals surface area contributed by atoms with Crippen LogP contribution in [0.15, 0.2) is 78.9 Å². The number of hydrogen-bond acceptors (Lipinski definition) is 5. The third-order valence-corrected chi connectivity index (χ3v) is 6.12. The molecule has 3 amide bonds. The van der Waals surface area contributed by atoms with Crippen LogP contribution in [0.5, 0.6) is 5.75 Å². The molecule has 0 aromatic heterocycles. The summed E-state index contributed by atoms with van der Waals surface area (Å²) in [6.45, 7) is 5.00. The van der Waals surface area contributed by atoms with Crippen molar-refractivity contribution in [3.63, 3.8) is 0 Å². The van der Waals surface area contributed by atoms with Crippen molar-refractivity contribution in [2.75, 3.05) is 4.90 Å². The number of hydrogen-bond donors (Lipinski definition) is 0. The maximum absolute atomic E-state index is 13.8. The first kappa shape index (κ1) is 23.9. The molecule has 0 aliphatic carbocycles. The number of esters is 1. The van der Waals surface area contributed by atoms with Crippen molar-refractivity contribution >= 4 is 29.4 Å². The molecule has 0 spiro atoms. The highest BCUT2D eigenvalue weighted by Crippen LogP contribution is 2.33. The lowest BCUT2D eigenvalue weighted by Crippen LogP contribution is -2.47. The lowest BCUT2D eigenvalue weighted by atomic mass is 10.0. The van der Waals surface area contributed by atoms with Crippen molar-refractivity contribution < 1.29 is 23.9 Å². The van der Waals surface area contributed by atoms with E-state index in [2.05, 4.69) is 0 Å². The monoisotopic (exact) mass is 470 g/mol. The molecule has 0 N–H and O–H groups in total. The van der Waals surface area contributed by atoms with Crippen molar-refractivity contribution in [2.24, 2.45) is 0 Å². The molecule has 3 aromatic rings. The van der Waals surface area contributed by atoms with E-state index < -0.39 is 29.9 Å². The third kappa shape index (κ3) is 4.84. The Morgan fingerprint density at radius 1 is 0.943 bits per heavy atom. The Balaban J connectivity index is 1.70. The van der Waals surface area contributed by atoms with E-state index in [-0.39, 0.29) is 12.3 Å². The average Bonchev–Trinajstić information content (AvgIpc) is 3.13. The second-order valence-electron chi connectivity index (χ2n) is 8.49. The summed E-state index contributed by atoms with van der Waals surface area (Å²) in [6, 6.07) is 21.4. The van der Waals surface area contributed by atoms with Gasteiger partial charge in [0.05, 0.1) is 18.2 Å². The number of imide groups is 1. The smallest absolute Gasteiger partial charge is 0.308 e. The fourth-order valence-corrected chi connectivity index (χ4v) is 4.37. The number of carbonyl (C=O) groups excluding carboxylic acids is 4. The van der Waals surface area contributed by atoms with Crippen LogP contribution in [0.2, 0.25) is 0 Å². The zero-order valence-corrected chi connectivity index (χ0v) is 19.8. The Morgan fingerprint density at radius 2 is 1.57 bits per heavy atom. The van der Waals surface area contributed by atoms with Crippen LogP contribution in [0.25, 0.3) is 0 Å². The predicted octanol–water partition coefficient (Wildman–Crippen LogP) is 4.46. The van der Waals surface area contributed by atoms with Gasteiger partial charge in [-0.25, -0.2) is 4.90 Å². The van der Waals surface area contributed by atoms with Gasteiger partial charge in [0, 0.05) is 12.5 Å². The van der Waals surface area contributed by atoms with Gasteiger partial charge in [-0.2, -0.15) is 0 Å². The molecular formula is C28H26N2O5. The van der Waals surface area contributed by atoms with E-state index in [0.717, 1.165) is 16.0 Å². The van der Waals surface area contributed by atoms with Crippen LogP contribution in [-0.2, 0) is 14.4 Å². The molecule has 1 aliphatic rings. The van der Waals surface area contributed by atoms with Gasteiger partial charge >= 0.3 is 5.97 Å². The van der Waals surface area contributed by atoms with Crippen molar-refractivity contribution in [3.05, 3.63) is 95.6 Å². The van der Waals surface area contributed by atoms with Crippen molar-refractivity contribution in [2.45, 2.75) is 39.3 Å². The molecule has 7 heteroatoms. The van der Waals surface area contributed by atoms with E-state index in [9.17, 15) is 19.2 Å². The SMILES string of the molecule is CC(=O)Oc1ccc(N2C(=O)CC(N(C(=O)c3ccccc3C)C(C)c3ccccc3)C2=O)cc1. The minimum Gasteiger partial charge on any atom is -0.427 e. The summed E-state index contributed by atoms with van der Waals surface area (Å²) in [5.74, 6) is -1.34. The molecule has 1 heterocycles. The molecule has 2 unspecified atom stereocenters. The van der Waals surface area contributed by atoms with Gasteiger partial charge in [0.15, 0.2) is 0 Å². The number of amides is 3. The number of ether oxygens (including phenoxy) is 1. The van der Waals surface area contributed by atoms with Gasteiger partial charge in [0.1, 0.15) is 11.8 Å². The molecule has 1 aliphatic heterocycles. The summed E-state index contributed by atoms with van der Waals surface area (Å²) >= 11 is 0. The van der Waals surface area contributed by atoms with Crippen LogP contribution in [0.3, 0.4) is 0 Å². The molecule has 0 radical (unpaired) electrons. The van der Waals surface area contributed by atoms with Gasteiger partial charge in [-0.1, -0.05) is 48.5 Å². The molecule has 1 saturated heterocycles. The van der Waals surface area contributed by atoms with Crippen LogP contribution >= 0.6 is 0 Å². The highest BCUT2D eigenvalue weighted by molar-refractivity contribution is 6.23. The van der Waals surface area contributed by atoms with Crippen molar-refractivity contribution in [3.8, 4) is 5.75 Å². The Labute approximate surface area is 203 Å². The quantitative estimate of drug-likeness (QED) is 0.302. The van der Waals surface area contributed by atoms with Gasteiger partial charge in [-0.15, -0.1) is 0 Å². The van der Waals surface area contributed by atoms with Crippen molar-refractivity contribution in [1.82, 2.24) is 4.90 Å². The summed E-state index contributed by atoms with van der Waals surface area (Å²) in [7, 11) is 0. The minimum absolute atomic E-state index is 0.126. The van der Waals surface area contributed by atoms with Gasteiger partial charge in [-0.05, 0) is 55.3 Å². The number of aryl methyl sites for hydroxylation is 1. The van der Waals surface area contributed by atoms with Gasteiger partial charge in [0.25, 0.3) is 11.8 Å². The normalized spacial score (nSPS) is 16.2. The lowest BCUT2D eigenvalue weighted by molar-refractivity contribution is -0.132. The lowest BCUT2D eigenvalue weighted by Gasteiger charge is -2.34. The van der Waals surface area contributed by atoms with Gasteiger partial charge in [-0.3, -0.25) is 19.2 Å². The average molecular weight is 471 g/mol. The van der Waals surface area contributed by atoms with Gasteiger partial charge in [0.2, 0.25) is 5.91 Å². The van der Waals surface area contributed by atoms with E-state index >= 15 is 0 Å². The van der Waals surface area contributed by atoms with Crippen molar-refractivity contribution in [1.29, 1.82) is 0 Å². The molecule has 2 atom stereocenters. The molecule has 1 fully saturated rings. The Morgan fingerprint density at radius 3 is 2.20 bits per heavy atom. The first-order chi connectivity index (χ1) is 16.8. The van der Waals surface area contributed by atoms with Crippen LogP contribution in [0.4, 0.5) is 5.69 Å². The molecule has 178 valence electrons. The first-order valence-corrected chi connectivity index (χ1v) is 11.4. The second-order valence-corrected chi connectivity index (χ2v) is 8.49. The number of nitrogens with zero attached hydrogens (tertiary/aromatic N) is 2. The highest BCUT2D eigenvalue weighted by Gasteiger charge is 2.46. The number of anilines is 1. The van der Waals surface area contributed by atoms with Crippen LogP contribution in [0, 0.1) is 6.92 Å². The Bertz CT molecular complexity index is 1270. The molecule has 7 nitrogen and oxygen atoms in total. The number of rotatable bonds is 6. The molecular weight excluding hydrogens is 444 g/mol. The standard InChI is InChI=1S/C28H26N2O5/c1-18-9-7-8-12-24(18)27(33)29(19(2)21-10-5-4-6-11-21)25-17-26(32)30(28(25)34)22-13-15-23(16-14-22)35-20(3)31/h4-16,19,25H,17H2,1-3H3. The largest absolute Gasteiger partial charge is 0.427 e. The van der Waals surface area contributed by atoms with E-state index in [1.807, 2.05) is 56.3 Å². The maximum atomic E-state index is 13.8. The predicted molar refractivity (Wildman–Crippen MR) is 131 cm³/mol.